The van der Waals surface area contributed by atoms with Crippen LogP contribution in [0.15, 0.2) is 53.1 Å². The molecule has 4 rings (SSSR count). The maximum absolute atomic E-state index is 12.5. The van der Waals surface area contributed by atoms with E-state index in [2.05, 4.69) is 15.0 Å². The Bertz CT molecular complexity index is 1030. The Kier molecular flexibility index (Phi) is 7.57. The molecule has 0 aliphatic carbocycles. The van der Waals surface area contributed by atoms with Crippen molar-refractivity contribution in [2.75, 3.05) is 39.4 Å². The van der Waals surface area contributed by atoms with Crippen LogP contribution >= 0.6 is 0 Å². The van der Waals surface area contributed by atoms with E-state index in [1.807, 2.05) is 67.3 Å². The Morgan fingerprint density at radius 2 is 1.64 bits per heavy atom. The third kappa shape index (κ3) is 6.32. The zero-order valence-electron chi connectivity index (χ0n) is 19.2. The quantitative estimate of drug-likeness (QED) is 0.493. The number of rotatable bonds is 9. The first-order valence-electron chi connectivity index (χ1n) is 11.4. The van der Waals surface area contributed by atoms with E-state index in [4.69, 9.17) is 14.0 Å². The lowest BCUT2D eigenvalue weighted by molar-refractivity contribution is -0.133. The second kappa shape index (κ2) is 11.0. The van der Waals surface area contributed by atoms with Crippen molar-refractivity contribution >= 4 is 5.91 Å². The van der Waals surface area contributed by atoms with Crippen LogP contribution in [-0.2, 0) is 11.3 Å². The molecular formula is C25H30N4O4. The van der Waals surface area contributed by atoms with Crippen LogP contribution in [0.1, 0.15) is 24.8 Å². The minimum Gasteiger partial charge on any atom is -0.494 e. The number of benzene rings is 2. The van der Waals surface area contributed by atoms with Gasteiger partial charge >= 0.3 is 0 Å². The van der Waals surface area contributed by atoms with Crippen molar-refractivity contribution in [2.24, 2.45) is 0 Å². The molecule has 1 aliphatic heterocycles. The Morgan fingerprint density at radius 3 is 2.30 bits per heavy atom. The molecule has 0 spiro atoms. The molecule has 0 N–H and O–H groups in total. The van der Waals surface area contributed by atoms with Gasteiger partial charge in [0.15, 0.2) is 0 Å². The van der Waals surface area contributed by atoms with E-state index in [1.54, 1.807) is 0 Å². The number of ether oxygens (including phenoxy) is 2. The van der Waals surface area contributed by atoms with Crippen molar-refractivity contribution in [2.45, 2.75) is 26.8 Å². The average Bonchev–Trinajstić information content (AvgIpc) is 3.30. The number of amides is 1. The Morgan fingerprint density at radius 1 is 0.970 bits per heavy atom. The number of aryl methyl sites for hydroxylation is 1. The molecule has 2 aromatic carbocycles. The van der Waals surface area contributed by atoms with Gasteiger partial charge in [-0.1, -0.05) is 35.0 Å². The van der Waals surface area contributed by atoms with Crippen LogP contribution in [-0.4, -0.2) is 65.2 Å². The summed E-state index contributed by atoms with van der Waals surface area (Å²) in [6, 6.07) is 15.5. The zero-order valence-corrected chi connectivity index (χ0v) is 19.2. The first-order chi connectivity index (χ1) is 16.1. The minimum absolute atomic E-state index is 0.111. The molecule has 1 saturated heterocycles. The molecular weight excluding hydrogens is 420 g/mol. The van der Waals surface area contributed by atoms with Crippen LogP contribution in [0.5, 0.6) is 11.5 Å². The van der Waals surface area contributed by atoms with Gasteiger partial charge in [0.1, 0.15) is 11.5 Å². The summed E-state index contributed by atoms with van der Waals surface area (Å²) >= 11 is 0. The fraction of sp³-hybridized carbons (Fsp3) is 0.400. The number of hydrogen-bond donors (Lipinski definition) is 0. The van der Waals surface area contributed by atoms with Crippen molar-refractivity contribution in [3.8, 4) is 22.9 Å². The standard InChI is InChI=1S/C25H30N4O4/c1-3-31-21-8-10-22(11-9-21)32-17-12-24(30)29-15-13-28(14-16-29)18-23-26-25(27-33-23)20-6-4-19(2)5-7-20/h4-11H,3,12-18H2,1-2H3. The number of carbonyl (C=O) groups excluding carboxylic acids is 1. The molecule has 0 saturated carbocycles. The van der Waals surface area contributed by atoms with Crippen molar-refractivity contribution in [1.29, 1.82) is 0 Å². The lowest BCUT2D eigenvalue weighted by Crippen LogP contribution is -2.48. The number of piperazine rings is 1. The highest BCUT2D eigenvalue weighted by molar-refractivity contribution is 5.76. The number of hydrogen-bond acceptors (Lipinski definition) is 7. The minimum atomic E-state index is 0.111. The van der Waals surface area contributed by atoms with E-state index in [1.165, 1.54) is 5.56 Å². The summed E-state index contributed by atoms with van der Waals surface area (Å²) in [7, 11) is 0. The van der Waals surface area contributed by atoms with Crippen molar-refractivity contribution in [1.82, 2.24) is 19.9 Å². The molecule has 0 unspecified atom stereocenters. The number of aromatic nitrogens is 2. The second-order valence-corrected chi connectivity index (χ2v) is 8.04. The fourth-order valence-electron chi connectivity index (χ4n) is 3.70. The van der Waals surface area contributed by atoms with Crippen LogP contribution in [0.4, 0.5) is 0 Å². The summed E-state index contributed by atoms with van der Waals surface area (Å²) in [4.78, 5) is 21.2. The van der Waals surface area contributed by atoms with E-state index in [-0.39, 0.29) is 5.91 Å². The molecule has 8 heteroatoms. The summed E-state index contributed by atoms with van der Waals surface area (Å²) in [6.45, 7) is 8.47. The molecule has 33 heavy (non-hydrogen) atoms. The second-order valence-electron chi connectivity index (χ2n) is 8.04. The first kappa shape index (κ1) is 22.8. The number of carbonyl (C=O) groups is 1. The van der Waals surface area contributed by atoms with Gasteiger partial charge in [-0.15, -0.1) is 0 Å². The van der Waals surface area contributed by atoms with Crippen molar-refractivity contribution in [3.05, 3.63) is 60.0 Å². The summed E-state index contributed by atoms with van der Waals surface area (Å²) in [5, 5.41) is 4.10. The van der Waals surface area contributed by atoms with Gasteiger partial charge in [-0.05, 0) is 38.1 Å². The summed E-state index contributed by atoms with van der Waals surface area (Å²) < 4.78 is 16.6. The molecule has 1 fully saturated rings. The highest BCUT2D eigenvalue weighted by Crippen LogP contribution is 2.19. The highest BCUT2D eigenvalue weighted by Gasteiger charge is 2.22. The lowest BCUT2D eigenvalue weighted by Gasteiger charge is -2.34. The topological polar surface area (TPSA) is 80.9 Å². The van der Waals surface area contributed by atoms with E-state index >= 15 is 0 Å². The highest BCUT2D eigenvalue weighted by atomic mass is 16.5. The molecule has 1 aromatic heterocycles. The number of nitrogens with zero attached hydrogens (tertiary/aromatic N) is 4. The first-order valence-corrected chi connectivity index (χ1v) is 11.4. The molecule has 1 amide bonds. The Balaban J connectivity index is 1.18. The lowest BCUT2D eigenvalue weighted by atomic mass is 10.1. The predicted octanol–water partition coefficient (Wildman–Crippen LogP) is 3.56. The molecule has 1 aliphatic rings. The van der Waals surface area contributed by atoms with Gasteiger partial charge in [0.2, 0.25) is 17.6 Å². The molecule has 8 nitrogen and oxygen atoms in total. The van der Waals surface area contributed by atoms with E-state index < -0.39 is 0 Å². The molecule has 3 aromatic rings. The van der Waals surface area contributed by atoms with E-state index in [0.29, 0.717) is 51.0 Å². The van der Waals surface area contributed by atoms with Crippen LogP contribution in [0, 0.1) is 6.92 Å². The van der Waals surface area contributed by atoms with E-state index in [0.717, 1.165) is 30.2 Å². The summed E-state index contributed by atoms with van der Waals surface area (Å²) in [5.41, 5.74) is 2.14. The van der Waals surface area contributed by atoms with Crippen LogP contribution in [0.25, 0.3) is 11.4 Å². The largest absolute Gasteiger partial charge is 0.494 e. The SMILES string of the molecule is CCOc1ccc(OCCC(=O)N2CCN(Cc3nc(-c4ccc(C)cc4)no3)CC2)cc1. The van der Waals surface area contributed by atoms with Gasteiger partial charge in [-0.2, -0.15) is 4.98 Å². The molecule has 0 radical (unpaired) electrons. The Labute approximate surface area is 194 Å². The maximum Gasteiger partial charge on any atom is 0.241 e. The molecule has 0 atom stereocenters. The third-order valence-electron chi connectivity index (χ3n) is 5.58. The average molecular weight is 451 g/mol. The molecule has 0 bridgehead atoms. The summed E-state index contributed by atoms with van der Waals surface area (Å²) in [6.07, 6.45) is 0.358. The van der Waals surface area contributed by atoms with Gasteiger partial charge < -0.3 is 18.9 Å². The summed E-state index contributed by atoms with van der Waals surface area (Å²) in [5.74, 6) is 2.85. The monoisotopic (exact) mass is 450 g/mol. The van der Waals surface area contributed by atoms with Gasteiger partial charge in [0.05, 0.1) is 26.2 Å². The molecule has 2 heterocycles. The van der Waals surface area contributed by atoms with Gasteiger partial charge in [-0.3, -0.25) is 9.69 Å². The normalized spacial score (nSPS) is 14.3. The zero-order chi connectivity index (χ0) is 23.0. The van der Waals surface area contributed by atoms with Crippen LogP contribution < -0.4 is 9.47 Å². The fourth-order valence-corrected chi connectivity index (χ4v) is 3.70. The predicted molar refractivity (Wildman–Crippen MR) is 124 cm³/mol. The molecule has 174 valence electrons. The van der Waals surface area contributed by atoms with Crippen molar-refractivity contribution in [3.63, 3.8) is 0 Å². The third-order valence-corrected chi connectivity index (χ3v) is 5.58. The van der Waals surface area contributed by atoms with Crippen LogP contribution in [0.2, 0.25) is 0 Å². The Hall–Kier alpha value is -3.39. The van der Waals surface area contributed by atoms with Crippen molar-refractivity contribution < 1.29 is 18.8 Å². The van der Waals surface area contributed by atoms with Gasteiger partial charge in [0, 0.05) is 31.7 Å². The smallest absolute Gasteiger partial charge is 0.241 e. The van der Waals surface area contributed by atoms with Crippen LogP contribution in [0.3, 0.4) is 0 Å². The van der Waals surface area contributed by atoms with Gasteiger partial charge in [-0.25, -0.2) is 0 Å². The van der Waals surface area contributed by atoms with Gasteiger partial charge in [0.25, 0.3) is 0 Å². The maximum atomic E-state index is 12.5. The van der Waals surface area contributed by atoms with E-state index in [9.17, 15) is 4.79 Å².